The number of para-hydroxylation sites is 1. The smallest absolute Gasteiger partial charge is 0.253 e. The highest BCUT2D eigenvalue weighted by molar-refractivity contribution is 6.20. The SMILES string of the molecule is O=C(N[C@@H](CO)C1CCCCC1)c1cn(C2COC2Cl)c2ccccc12. The van der Waals surface area contributed by atoms with Crippen LogP contribution in [-0.4, -0.2) is 40.4 Å². The predicted octanol–water partition coefficient (Wildman–Crippen LogP) is 3.45. The number of amides is 1. The molecule has 1 aliphatic carbocycles. The Morgan fingerprint density at radius 3 is 2.73 bits per heavy atom. The lowest BCUT2D eigenvalue weighted by atomic mass is 9.84. The number of aliphatic hydroxyl groups is 1. The molecule has 2 N–H and O–H groups in total. The molecule has 4 rings (SSSR count). The van der Waals surface area contributed by atoms with E-state index in [0.29, 0.717) is 18.1 Å². The summed E-state index contributed by atoms with van der Waals surface area (Å²) in [6, 6.07) is 7.70. The summed E-state index contributed by atoms with van der Waals surface area (Å²) in [4.78, 5) is 13.0. The number of rotatable bonds is 5. The lowest BCUT2D eigenvalue weighted by Gasteiger charge is -2.33. The number of nitrogens with zero attached hydrogens (tertiary/aromatic N) is 1. The zero-order valence-electron chi connectivity index (χ0n) is 14.7. The highest BCUT2D eigenvalue weighted by Gasteiger charge is 2.34. The molecule has 1 saturated heterocycles. The maximum atomic E-state index is 13.0. The van der Waals surface area contributed by atoms with Crippen molar-refractivity contribution in [2.24, 2.45) is 5.92 Å². The lowest BCUT2D eigenvalue weighted by Crippen LogP contribution is -2.43. The Kier molecular flexibility index (Phi) is 5.20. The molecular formula is C20H25ClN2O3. The molecule has 0 radical (unpaired) electrons. The van der Waals surface area contributed by atoms with Crippen LogP contribution in [0.25, 0.3) is 10.9 Å². The van der Waals surface area contributed by atoms with Gasteiger partial charge in [0.2, 0.25) is 0 Å². The van der Waals surface area contributed by atoms with Crippen LogP contribution < -0.4 is 5.32 Å². The molecule has 1 amide bonds. The predicted molar refractivity (Wildman–Crippen MR) is 101 cm³/mol. The second-order valence-corrected chi connectivity index (χ2v) is 7.81. The standard InChI is InChI=1S/C20H25ClN2O3/c21-19-18(12-26-19)23-10-15(14-8-4-5-9-17(14)23)20(25)22-16(11-24)13-6-2-1-3-7-13/h4-5,8-10,13,16,18-19,24H,1-3,6-7,11-12H2,(H,22,25)/t16-,18?,19?/m0/s1. The average molecular weight is 377 g/mol. The van der Waals surface area contributed by atoms with E-state index in [2.05, 4.69) is 5.32 Å². The quantitative estimate of drug-likeness (QED) is 0.785. The van der Waals surface area contributed by atoms with Crippen LogP contribution in [0.2, 0.25) is 0 Å². The molecule has 140 valence electrons. The van der Waals surface area contributed by atoms with Gasteiger partial charge in [-0.2, -0.15) is 0 Å². The fourth-order valence-corrected chi connectivity index (χ4v) is 4.48. The van der Waals surface area contributed by atoms with Gasteiger partial charge in [-0.15, -0.1) is 0 Å². The number of halogens is 1. The zero-order chi connectivity index (χ0) is 18.1. The van der Waals surface area contributed by atoms with Gasteiger partial charge in [-0.05, 0) is 24.8 Å². The van der Waals surface area contributed by atoms with Crippen molar-refractivity contribution < 1.29 is 14.6 Å². The minimum absolute atomic E-state index is 0.0186. The zero-order valence-corrected chi connectivity index (χ0v) is 15.5. The van der Waals surface area contributed by atoms with Gasteiger partial charge in [0.05, 0.1) is 30.9 Å². The van der Waals surface area contributed by atoms with Crippen molar-refractivity contribution in [2.45, 2.75) is 49.8 Å². The van der Waals surface area contributed by atoms with Gasteiger partial charge in [-0.1, -0.05) is 49.1 Å². The van der Waals surface area contributed by atoms with Crippen molar-refractivity contribution in [1.29, 1.82) is 0 Å². The molecule has 2 unspecified atom stereocenters. The topological polar surface area (TPSA) is 63.5 Å². The number of benzene rings is 1. The van der Waals surface area contributed by atoms with E-state index in [1.807, 2.05) is 35.0 Å². The second-order valence-electron chi connectivity index (χ2n) is 7.38. The average Bonchev–Trinajstić information content (AvgIpc) is 3.05. The molecular weight excluding hydrogens is 352 g/mol. The number of fused-ring (bicyclic) bond motifs is 1. The van der Waals surface area contributed by atoms with E-state index in [-0.39, 0.29) is 30.2 Å². The van der Waals surface area contributed by atoms with E-state index in [0.717, 1.165) is 23.7 Å². The van der Waals surface area contributed by atoms with Gasteiger partial charge in [-0.3, -0.25) is 4.79 Å². The van der Waals surface area contributed by atoms with Crippen LogP contribution in [-0.2, 0) is 4.74 Å². The number of hydrogen-bond donors (Lipinski definition) is 2. The highest BCUT2D eigenvalue weighted by atomic mass is 35.5. The molecule has 26 heavy (non-hydrogen) atoms. The minimum atomic E-state index is -0.367. The van der Waals surface area contributed by atoms with Gasteiger partial charge in [0.25, 0.3) is 5.91 Å². The number of nitrogens with one attached hydrogen (secondary N) is 1. The van der Waals surface area contributed by atoms with Gasteiger partial charge in [0.1, 0.15) is 0 Å². The van der Waals surface area contributed by atoms with Gasteiger partial charge < -0.3 is 19.7 Å². The first-order valence-corrected chi connectivity index (χ1v) is 9.89. The second kappa shape index (κ2) is 7.59. The Morgan fingerprint density at radius 1 is 1.31 bits per heavy atom. The number of carbonyl (C=O) groups is 1. The van der Waals surface area contributed by atoms with Crippen LogP contribution in [0.3, 0.4) is 0 Å². The molecule has 2 aromatic rings. The monoisotopic (exact) mass is 376 g/mol. The van der Waals surface area contributed by atoms with Gasteiger partial charge >= 0.3 is 0 Å². The third-order valence-corrected chi connectivity index (χ3v) is 6.22. The van der Waals surface area contributed by atoms with E-state index < -0.39 is 0 Å². The molecule has 1 aromatic carbocycles. The van der Waals surface area contributed by atoms with Crippen molar-refractivity contribution in [3.8, 4) is 0 Å². The minimum Gasteiger partial charge on any atom is -0.394 e. The first-order chi connectivity index (χ1) is 12.7. The first kappa shape index (κ1) is 17.8. The van der Waals surface area contributed by atoms with Crippen LogP contribution in [0.1, 0.15) is 48.5 Å². The number of carbonyl (C=O) groups excluding carboxylic acids is 1. The summed E-state index contributed by atoms with van der Waals surface area (Å²) < 4.78 is 7.33. The Labute approximate surface area is 158 Å². The first-order valence-electron chi connectivity index (χ1n) is 9.46. The summed E-state index contributed by atoms with van der Waals surface area (Å²) in [5, 5.41) is 13.8. The molecule has 2 fully saturated rings. The van der Waals surface area contributed by atoms with Crippen LogP contribution in [0.15, 0.2) is 30.5 Å². The highest BCUT2D eigenvalue weighted by Crippen LogP contribution is 2.34. The summed E-state index contributed by atoms with van der Waals surface area (Å²) in [5.74, 6) is 0.231. The molecule has 1 saturated carbocycles. The third-order valence-electron chi connectivity index (χ3n) is 5.80. The summed E-state index contributed by atoms with van der Waals surface area (Å²) in [7, 11) is 0. The van der Waals surface area contributed by atoms with Crippen molar-refractivity contribution in [3.63, 3.8) is 0 Å². The molecule has 1 aliphatic heterocycles. The normalized spacial score (nSPS) is 25.0. The van der Waals surface area contributed by atoms with Gasteiger partial charge in [0.15, 0.2) is 5.56 Å². The Morgan fingerprint density at radius 2 is 2.08 bits per heavy atom. The molecule has 1 aromatic heterocycles. The molecule has 0 spiro atoms. The fourth-order valence-electron chi connectivity index (χ4n) is 4.22. The van der Waals surface area contributed by atoms with Gasteiger partial charge in [0, 0.05) is 17.1 Å². The lowest BCUT2D eigenvalue weighted by molar-refractivity contribution is -0.0523. The summed E-state index contributed by atoms with van der Waals surface area (Å²) in [6.45, 7) is 0.532. The van der Waals surface area contributed by atoms with Crippen molar-refractivity contribution >= 4 is 28.4 Å². The molecule has 2 heterocycles. The fraction of sp³-hybridized carbons (Fsp3) is 0.550. The molecule has 3 atom stereocenters. The number of alkyl halides is 1. The maximum Gasteiger partial charge on any atom is 0.253 e. The van der Waals surface area contributed by atoms with Crippen LogP contribution >= 0.6 is 11.6 Å². The Balaban J connectivity index is 1.60. The maximum absolute atomic E-state index is 13.0. The summed E-state index contributed by atoms with van der Waals surface area (Å²) >= 11 is 6.17. The summed E-state index contributed by atoms with van der Waals surface area (Å²) in [6.07, 6.45) is 7.61. The molecule has 0 bridgehead atoms. The number of aromatic nitrogens is 1. The number of aliphatic hydroxyl groups excluding tert-OH is 1. The van der Waals surface area contributed by atoms with Crippen molar-refractivity contribution in [3.05, 3.63) is 36.0 Å². The van der Waals surface area contributed by atoms with E-state index in [4.69, 9.17) is 16.3 Å². The van der Waals surface area contributed by atoms with E-state index in [1.165, 1.54) is 19.3 Å². The largest absolute Gasteiger partial charge is 0.394 e. The van der Waals surface area contributed by atoms with Gasteiger partial charge in [-0.25, -0.2) is 0 Å². The Hall–Kier alpha value is -1.56. The number of hydrogen-bond acceptors (Lipinski definition) is 3. The van der Waals surface area contributed by atoms with Crippen LogP contribution in [0.4, 0.5) is 0 Å². The van der Waals surface area contributed by atoms with Crippen LogP contribution in [0, 0.1) is 5.92 Å². The van der Waals surface area contributed by atoms with Crippen molar-refractivity contribution in [2.75, 3.05) is 13.2 Å². The Bertz CT molecular complexity index is 784. The molecule has 2 aliphatic rings. The van der Waals surface area contributed by atoms with Crippen molar-refractivity contribution in [1.82, 2.24) is 9.88 Å². The van der Waals surface area contributed by atoms with E-state index in [1.54, 1.807) is 0 Å². The van der Waals surface area contributed by atoms with Crippen LogP contribution in [0.5, 0.6) is 0 Å². The van der Waals surface area contributed by atoms with E-state index in [9.17, 15) is 9.90 Å². The molecule has 5 nitrogen and oxygen atoms in total. The number of ether oxygens (including phenoxy) is 1. The molecule has 6 heteroatoms. The third kappa shape index (κ3) is 3.24. The van der Waals surface area contributed by atoms with E-state index >= 15 is 0 Å². The summed E-state index contributed by atoms with van der Waals surface area (Å²) in [5.41, 5.74) is 1.24.